The van der Waals surface area contributed by atoms with Crippen LogP contribution < -0.4 is 9.64 Å². The topological polar surface area (TPSA) is 96.4 Å². The molecule has 0 saturated carbocycles. The van der Waals surface area contributed by atoms with Crippen molar-refractivity contribution < 1.29 is 29.0 Å². The Kier molecular flexibility index (Phi) is 4.89. The quantitative estimate of drug-likeness (QED) is 0.851. The van der Waals surface area contributed by atoms with Crippen LogP contribution in [0.5, 0.6) is 5.75 Å². The predicted molar refractivity (Wildman–Crippen MR) is 87.5 cm³/mol. The third kappa shape index (κ3) is 3.74. The number of hydrogen-bond donors (Lipinski definition) is 1. The molecule has 1 aromatic rings. The molecule has 8 heteroatoms. The number of rotatable bonds is 4. The van der Waals surface area contributed by atoms with Crippen molar-refractivity contribution in [2.45, 2.75) is 25.6 Å². The lowest BCUT2D eigenvalue weighted by Crippen LogP contribution is -2.53. The summed E-state index contributed by atoms with van der Waals surface area (Å²) in [5.41, 5.74) is 0.564. The van der Waals surface area contributed by atoms with Gasteiger partial charge in [-0.15, -0.1) is 0 Å². The largest absolute Gasteiger partial charge is 0.481 e. The van der Waals surface area contributed by atoms with Crippen LogP contribution in [0.15, 0.2) is 24.3 Å². The van der Waals surface area contributed by atoms with E-state index in [9.17, 15) is 14.4 Å². The minimum Gasteiger partial charge on any atom is -0.481 e. The molecule has 0 spiro atoms. The molecule has 0 unspecified atom stereocenters. The summed E-state index contributed by atoms with van der Waals surface area (Å²) in [6.07, 6.45) is -1.34. The molecule has 0 aromatic heterocycles. The molecule has 3 rings (SSSR count). The number of carbonyl (C=O) groups is 3. The highest BCUT2D eigenvalue weighted by atomic mass is 16.5. The molecule has 134 valence electrons. The van der Waals surface area contributed by atoms with Crippen LogP contribution in [-0.2, 0) is 19.1 Å². The lowest BCUT2D eigenvalue weighted by Gasteiger charge is -2.36. The highest BCUT2D eigenvalue weighted by molar-refractivity contribution is 6.03. The van der Waals surface area contributed by atoms with Crippen molar-refractivity contribution in [1.29, 1.82) is 0 Å². The Morgan fingerprint density at radius 2 is 2.08 bits per heavy atom. The fourth-order valence-corrected chi connectivity index (χ4v) is 3.02. The first-order valence-electron chi connectivity index (χ1n) is 8.14. The van der Waals surface area contributed by atoms with E-state index in [1.165, 1.54) is 4.90 Å². The van der Waals surface area contributed by atoms with Crippen molar-refractivity contribution in [3.05, 3.63) is 24.3 Å². The van der Waals surface area contributed by atoms with Crippen LogP contribution in [0, 0.1) is 0 Å². The number of hydrogen-bond acceptors (Lipinski definition) is 5. The summed E-state index contributed by atoms with van der Waals surface area (Å²) in [6.45, 7) is 2.41. The average Bonchev–Trinajstić information content (AvgIpc) is 2.58. The number of morpholine rings is 1. The molecule has 25 heavy (non-hydrogen) atoms. The second-order valence-electron chi connectivity index (χ2n) is 6.08. The van der Waals surface area contributed by atoms with Crippen molar-refractivity contribution in [1.82, 2.24) is 4.90 Å². The Morgan fingerprint density at radius 3 is 2.84 bits per heavy atom. The highest BCUT2D eigenvalue weighted by Gasteiger charge is 2.34. The maximum Gasteiger partial charge on any atom is 0.306 e. The Bertz CT molecular complexity index is 691. The van der Waals surface area contributed by atoms with Gasteiger partial charge in [0.15, 0.2) is 6.10 Å². The van der Waals surface area contributed by atoms with Gasteiger partial charge in [-0.05, 0) is 19.1 Å². The minimum absolute atomic E-state index is 0.108. The molecule has 1 N–H and O–H groups in total. The van der Waals surface area contributed by atoms with E-state index < -0.39 is 18.2 Å². The van der Waals surface area contributed by atoms with Crippen molar-refractivity contribution in [2.75, 3.05) is 31.1 Å². The number of benzene rings is 1. The normalized spacial score (nSPS) is 23.0. The number of ether oxygens (including phenoxy) is 2. The van der Waals surface area contributed by atoms with Gasteiger partial charge in [-0.3, -0.25) is 19.3 Å². The molecule has 1 saturated heterocycles. The lowest BCUT2D eigenvalue weighted by molar-refractivity contribution is -0.147. The van der Waals surface area contributed by atoms with Crippen LogP contribution >= 0.6 is 0 Å². The molecule has 0 radical (unpaired) electrons. The second kappa shape index (κ2) is 7.10. The number of para-hydroxylation sites is 2. The van der Waals surface area contributed by atoms with Crippen LogP contribution in [0.4, 0.5) is 5.69 Å². The smallest absolute Gasteiger partial charge is 0.306 e. The van der Waals surface area contributed by atoms with Crippen molar-refractivity contribution in [2.24, 2.45) is 0 Å². The van der Waals surface area contributed by atoms with E-state index in [1.807, 2.05) is 0 Å². The predicted octanol–water partition coefficient (Wildman–Crippen LogP) is 0.503. The van der Waals surface area contributed by atoms with E-state index in [0.717, 1.165) is 0 Å². The number of carboxylic acids is 1. The van der Waals surface area contributed by atoms with Gasteiger partial charge in [0.25, 0.3) is 5.91 Å². The molecule has 2 heterocycles. The highest BCUT2D eigenvalue weighted by Crippen LogP contribution is 2.33. The molecule has 2 atom stereocenters. The zero-order chi connectivity index (χ0) is 18.0. The van der Waals surface area contributed by atoms with Gasteiger partial charge in [0.1, 0.15) is 12.3 Å². The number of anilines is 1. The summed E-state index contributed by atoms with van der Waals surface area (Å²) < 4.78 is 10.9. The Labute approximate surface area is 144 Å². The van der Waals surface area contributed by atoms with E-state index in [-0.39, 0.29) is 37.9 Å². The number of nitrogens with zero attached hydrogens (tertiary/aromatic N) is 2. The van der Waals surface area contributed by atoms with E-state index in [4.69, 9.17) is 14.6 Å². The summed E-state index contributed by atoms with van der Waals surface area (Å²) >= 11 is 0. The molecule has 2 aliphatic rings. The first kappa shape index (κ1) is 17.2. The van der Waals surface area contributed by atoms with Gasteiger partial charge in [0.05, 0.1) is 24.8 Å². The summed E-state index contributed by atoms with van der Waals surface area (Å²) in [5, 5.41) is 8.87. The molecule has 8 nitrogen and oxygen atoms in total. The maximum atomic E-state index is 12.6. The van der Waals surface area contributed by atoms with Crippen LogP contribution in [0.1, 0.15) is 13.3 Å². The number of amides is 2. The summed E-state index contributed by atoms with van der Waals surface area (Å²) in [6, 6.07) is 7.08. The van der Waals surface area contributed by atoms with Crippen LogP contribution in [0.2, 0.25) is 0 Å². The summed E-state index contributed by atoms with van der Waals surface area (Å²) in [5.74, 6) is -0.920. The molecular weight excluding hydrogens is 328 g/mol. The molecule has 1 aromatic carbocycles. The van der Waals surface area contributed by atoms with E-state index in [1.54, 1.807) is 36.1 Å². The third-order valence-electron chi connectivity index (χ3n) is 4.26. The molecule has 0 bridgehead atoms. The maximum absolute atomic E-state index is 12.6. The molecule has 0 aliphatic carbocycles. The fraction of sp³-hybridized carbons (Fsp3) is 0.471. The van der Waals surface area contributed by atoms with Gasteiger partial charge in [-0.25, -0.2) is 0 Å². The van der Waals surface area contributed by atoms with Gasteiger partial charge in [0.2, 0.25) is 5.91 Å². The number of carbonyl (C=O) groups excluding carboxylic acids is 2. The van der Waals surface area contributed by atoms with Gasteiger partial charge in [-0.2, -0.15) is 0 Å². The average molecular weight is 348 g/mol. The Morgan fingerprint density at radius 1 is 1.32 bits per heavy atom. The number of carboxylic acid groups (broad SMARTS) is 1. The van der Waals surface area contributed by atoms with Gasteiger partial charge in [0, 0.05) is 13.1 Å². The van der Waals surface area contributed by atoms with E-state index in [0.29, 0.717) is 18.0 Å². The summed E-state index contributed by atoms with van der Waals surface area (Å²) in [7, 11) is 0. The van der Waals surface area contributed by atoms with Crippen molar-refractivity contribution in [3.63, 3.8) is 0 Å². The molecular formula is C17H20N2O6. The van der Waals surface area contributed by atoms with E-state index >= 15 is 0 Å². The number of fused-ring (bicyclic) bond motifs is 1. The molecule has 2 amide bonds. The first-order valence-corrected chi connectivity index (χ1v) is 8.14. The second-order valence-corrected chi connectivity index (χ2v) is 6.08. The summed E-state index contributed by atoms with van der Waals surface area (Å²) in [4.78, 5) is 38.9. The van der Waals surface area contributed by atoms with Crippen LogP contribution in [-0.4, -0.2) is 66.2 Å². The fourth-order valence-electron chi connectivity index (χ4n) is 3.02. The van der Waals surface area contributed by atoms with E-state index in [2.05, 4.69) is 0 Å². The van der Waals surface area contributed by atoms with Gasteiger partial charge < -0.3 is 19.5 Å². The SMILES string of the molecule is C[C@@H]1Oc2ccccc2N(CC(=O)N2CCO[C@H](CC(=O)O)C2)C1=O. The lowest BCUT2D eigenvalue weighted by atomic mass is 10.1. The third-order valence-corrected chi connectivity index (χ3v) is 4.26. The Balaban J connectivity index is 1.72. The molecule has 1 fully saturated rings. The number of aliphatic carboxylic acids is 1. The molecule has 2 aliphatic heterocycles. The first-order chi connectivity index (χ1) is 12.0. The Hall–Kier alpha value is -2.61. The van der Waals surface area contributed by atoms with Crippen LogP contribution in [0.25, 0.3) is 0 Å². The van der Waals surface area contributed by atoms with Crippen molar-refractivity contribution in [3.8, 4) is 5.75 Å². The van der Waals surface area contributed by atoms with Gasteiger partial charge >= 0.3 is 5.97 Å². The zero-order valence-corrected chi connectivity index (χ0v) is 13.9. The standard InChI is InChI=1S/C17H20N2O6/c1-11-17(23)19(13-4-2-3-5-14(13)25-11)10-15(20)18-6-7-24-12(9-18)8-16(21)22/h2-5,11-12H,6-10H2,1H3,(H,21,22)/t11-,12+/m0/s1. The van der Waals surface area contributed by atoms with Crippen LogP contribution in [0.3, 0.4) is 0 Å². The monoisotopic (exact) mass is 348 g/mol. The van der Waals surface area contributed by atoms with Gasteiger partial charge in [-0.1, -0.05) is 12.1 Å². The van der Waals surface area contributed by atoms with Crippen molar-refractivity contribution >= 4 is 23.5 Å². The zero-order valence-electron chi connectivity index (χ0n) is 13.9. The minimum atomic E-state index is -0.967.